The molecular formula is C29H40N4OS. The Morgan fingerprint density at radius 2 is 1.51 bits per heavy atom. The van der Waals surface area contributed by atoms with E-state index in [1.54, 1.807) is 11.8 Å². The third-order valence-corrected chi connectivity index (χ3v) is 7.15. The van der Waals surface area contributed by atoms with Crippen molar-refractivity contribution in [2.75, 3.05) is 0 Å². The van der Waals surface area contributed by atoms with Gasteiger partial charge in [-0.1, -0.05) is 118 Å². The molecule has 0 radical (unpaired) electrons. The Bertz CT molecular complexity index is 1000. The van der Waals surface area contributed by atoms with Gasteiger partial charge >= 0.3 is 0 Å². The standard InChI is InChI=1S/C29H40N4OS/c1-3-4-5-6-7-8-9-10-14-17-28(34)30-22-27-31-32-29(35-23-25-15-12-11-13-16-25)33(27)26-20-18-24(2)19-21-26/h11-13,15-16,18-21H,3-10,14,17,22-23H2,1-2H3,(H,30,34). The molecule has 0 spiro atoms. The molecule has 0 aliphatic rings. The van der Waals surface area contributed by atoms with Gasteiger partial charge in [-0.25, -0.2) is 0 Å². The summed E-state index contributed by atoms with van der Waals surface area (Å²) in [6.45, 7) is 4.71. The van der Waals surface area contributed by atoms with E-state index in [0.717, 1.165) is 35.3 Å². The number of hydrogen-bond donors (Lipinski definition) is 1. The maximum Gasteiger partial charge on any atom is 0.220 e. The SMILES string of the molecule is CCCCCCCCCCCC(=O)NCc1nnc(SCc2ccccc2)n1-c1ccc(C)cc1. The number of nitrogens with one attached hydrogen (secondary N) is 1. The van der Waals surface area contributed by atoms with Gasteiger partial charge < -0.3 is 5.32 Å². The van der Waals surface area contributed by atoms with E-state index in [0.29, 0.717) is 13.0 Å². The van der Waals surface area contributed by atoms with Crippen LogP contribution in [0.25, 0.3) is 5.69 Å². The van der Waals surface area contributed by atoms with Crippen LogP contribution in [0.4, 0.5) is 0 Å². The van der Waals surface area contributed by atoms with Gasteiger partial charge in [-0.2, -0.15) is 0 Å². The van der Waals surface area contributed by atoms with Crippen molar-refractivity contribution in [2.24, 2.45) is 0 Å². The summed E-state index contributed by atoms with van der Waals surface area (Å²) in [5.41, 5.74) is 3.46. The molecule has 0 fully saturated rings. The molecule has 5 nitrogen and oxygen atoms in total. The van der Waals surface area contributed by atoms with E-state index in [4.69, 9.17) is 0 Å². The molecule has 0 saturated heterocycles. The lowest BCUT2D eigenvalue weighted by atomic mass is 10.1. The largest absolute Gasteiger partial charge is 0.349 e. The quantitative estimate of drug-likeness (QED) is 0.167. The van der Waals surface area contributed by atoms with Crippen molar-refractivity contribution in [3.8, 4) is 5.69 Å². The molecule has 0 aliphatic heterocycles. The van der Waals surface area contributed by atoms with Crippen LogP contribution in [0.15, 0.2) is 59.8 Å². The second-order valence-corrected chi connectivity index (χ2v) is 10.1. The number of amides is 1. The first-order chi connectivity index (χ1) is 17.2. The lowest BCUT2D eigenvalue weighted by molar-refractivity contribution is -0.121. The van der Waals surface area contributed by atoms with Crippen molar-refractivity contribution < 1.29 is 4.79 Å². The molecule has 0 saturated carbocycles. The van der Waals surface area contributed by atoms with Crippen molar-refractivity contribution >= 4 is 17.7 Å². The molecule has 3 aromatic rings. The molecule has 0 bridgehead atoms. The van der Waals surface area contributed by atoms with Crippen LogP contribution in [0, 0.1) is 6.92 Å². The number of unbranched alkanes of at least 4 members (excludes halogenated alkanes) is 8. The number of nitrogens with zero attached hydrogens (tertiary/aromatic N) is 3. The maximum atomic E-state index is 12.5. The fourth-order valence-corrected chi connectivity index (χ4v) is 4.97. The number of aromatic nitrogens is 3. The first-order valence-electron chi connectivity index (χ1n) is 13.1. The van der Waals surface area contributed by atoms with Gasteiger partial charge in [0.25, 0.3) is 0 Å². The topological polar surface area (TPSA) is 59.8 Å². The van der Waals surface area contributed by atoms with Gasteiger partial charge in [0.15, 0.2) is 11.0 Å². The van der Waals surface area contributed by atoms with Crippen LogP contribution in [0.1, 0.15) is 88.1 Å². The van der Waals surface area contributed by atoms with Gasteiger partial charge in [-0.05, 0) is 31.0 Å². The highest BCUT2D eigenvalue weighted by Gasteiger charge is 2.15. The summed E-state index contributed by atoms with van der Waals surface area (Å²) >= 11 is 1.66. The summed E-state index contributed by atoms with van der Waals surface area (Å²) in [6.07, 6.45) is 11.8. The second kappa shape index (κ2) is 15.4. The number of benzene rings is 2. The summed E-state index contributed by atoms with van der Waals surface area (Å²) in [5, 5.41) is 12.8. The monoisotopic (exact) mass is 492 g/mol. The van der Waals surface area contributed by atoms with Gasteiger partial charge in [-0.3, -0.25) is 9.36 Å². The van der Waals surface area contributed by atoms with Crippen LogP contribution in [-0.2, 0) is 17.1 Å². The van der Waals surface area contributed by atoms with Crippen LogP contribution in [0.2, 0.25) is 0 Å². The zero-order valence-corrected chi connectivity index (χ0v) is 22.2. The van der Waals surface area contributed by atoms with Crippen LogP contribution in [-0.4, -0.2) is 20.7 Å². The molecule has 2 aromatic carbocycles. The smallest absolute Gasteiger partial charge is 0.220 e. The lowest BCUT2D eigenvalue weighted by Gasteiger charge is -2.11. The third kappa shape index (κ3) is 9.52. The van der Waals surface area contributed by atoms with E-state index < -0.39 is 0 Å². The average Bonchev–Trinajstić information content (AvgIpc) is 3.29. The van der Waals surface area contributed by atoms with Crippen molar-refractivity contribution in [2.45, 2.75) is 95.5 Å². The number of hydrogen-bond acceptors (Lipinski definition) is 4. The van der Waals surface area contributed by atoms with Gasteiger partial charge in [0.2, 0.25) is 5.91 Å². The van der Waals surface area contributed by atoms with Crippen LogP contribution >= 0.6 is 11.8 Å². The Balaban J connectivity index is 1.50. The molecule has 1 aromatic heterocycles. The molecule has 1 amide bonds. The van der Waals surface area contributed by atoms with Gasteiger partial charge in [0.1, 0.15) is 0 Å². The number of rotatable bonds is 16. The molecule has 188 valence electrons. The Morgan fingerprint density at radius 1 is 0.857 bits per heavy atom. The molecule has 1 N–H and O–H groups in total. The molecule has 35 heavy (non-hydrogen) atoms. The van der Waals surface area contributed by atoms with Gasteiger partial charge in [0, 0.05) is 17.9 Å². The minimum Gasteiger partial charge on any atom is -0.349 e. The molecule has 3 rings (SSSR count). The Labute approximate surface area is 215 Å². The van der Waals surface area contributed by atoms with E-state index >= 15 is 0 Å². The van der Waals surface area contributed by atoms with Crippen LogP contribution < -0.4 is 5.32 Å². The van der Waals surface area contributed by atoms with Crippen molar-refractivity contribution in [3.63, 3.8) is 0 Å². The second-order valence-electron chi connectivity index (χ2n) is 9.20. The molecule has 0 atom stereocenters. The maximum absolute atomic E-state index is 12.5. The summed E-state index contributed by atoms with van der Waals surface area (Å²) in [7, 11) is 0. The highest BCUT2D eigenvalue weighted by Crippen LogP contribution is 2.25. The fourth-order valence-electron chi connectivity index (χ4n) is 4.05. The fraction of sp³-hybridized carbons (Fsp3) is 0.483. The molecule has 1 heterocycles. The summed E-state index contributed by atoms with van der Waals surface area (Å²) in [6, 6.07) is 18.7. The summed E-state index contributed by atoms with van der Waals surface area (Å²) < 4.78 is 2.06. The first-order valence-corrected chi connectivity index (χ1v) is 14.1. The number of carbonyl (C=O) groups excluding carboxylic acids is 1. The first kappa shape index (κ1) is 27.0. The Kier molecular flexibility index (Phi) is 11.9. The predicted octanol–water partition coefficient (Wildman–Crippen LogP) is 7.41. The highest BCUT2D eigenvalue weighted by atomic mass is 32.2. The van der Waals surface area contributed by atoms with E-state index in [9.17, 15) is 4.79 Å². The van der Waals surface area contributed by atoms with Crippen molar-refractivity contribution in [3.05, 3.63) is 71.5 Å². The zero-order valence-electron chi connectivity index (χ0n) is 21.3. The lowest BCUT2D eigenvalue weighted by Crippen LogP contribution is -2.24. The van der Waals surface area contributed by atoms with E-state index in [2.05, 4.69) is 82.5 Å². The third-order valence-electron chi connectivity index (χ3n) is 6.15. The molecular weight excluding hydrogens is 452 g/mol. The minimum absolute atomic E-state index is 0.0879. The van der Waals surface area contributed by atoms with Crippen LogP contribution in [0.5, 0.6) is 0 Å². The highest BCUT2D eigenvalue weighted by molar-refractivity contribution is 7.98. The van der Waals surface area contributed by atoms with Gasteiger partial charge in [0.05, 0.1) is 6.54 Å². The normalized spacial score (nSPS) is 11.0. The molecule has 6 heteroatoms. The van der Waals surface area contributed by atoms with Crippen LogP contribution in [0.3, 0.4) is 0 Å². The van der Waals surface area contributed by atoms with Crippen molar-refractivity contribution in [1.82, 2.24) is 20.1 Å². The van der Waals surface area contributed by atoms with E-state index in [1.165, 1.54) is 56.1 Å². The van der Waals surface area contributed by atoms with E-state index in [-0.39, 0.29) is 5.91 Å². The van der Waals surface area contributed by atoms with E-state index in [1.807, 2.05) is 6.07 Å². The number of thioether (sulfide) groups is 1. The average molecular weight is 493 g/mol. The Morgan fingerprint density at radius 3 is 2.20 bits per heavy atom. The summed E-state index contributed by atoms with van der Waals surface area (Å²) in [5.74, 6) is 1.66. The zero-order chi connectivity index (χ0) is 24.7. The minimum atomic E-state index is 0.0879. The predicted molar refractivity (Wildman–Crippen MR) is 146 cm³/mol. The van der Waals surface area contributed by atoms with Crippen molar-refractivity contribution in [1.29, 1.82) is 0 Å². The Hall–Kier alpha value is -2.60. The molecule has 0 unspecified atom stereocenters. The summed E-state index contributed by atoms with van der Waals surface area (Å²) in [4.78, 5) is 12.5. The van der Waals surface area contributed by atoms with Gasteiger partial charge in [-0.15, -0.1) is 10.2 Å². The molecule has 0 aliphatic carbocycles. The number of aryl methyl sites for hydroxylation is 1. The number of carbonyl (C=O) groups is 1.